The number of hydrogen-bond acceptors (Lipinski definition) is 4. The first-order valence-electron chi connectivity index (χ1n) is 5.14. The van der Waals surface area contributed by atoms with Crippen LogP contribution in [-0.2, 0) is 4.79 Å². The number of rotatable bonds is 4. The molecular weight excluding hydrogens is 260 g/mol. The number of aryl methyl sites for hydroxylation is 1. The Bertz CT molecular complexity index is 519. The summed E-state index contributed by atoms with van der Waals surface area (Å²) in [6.07, 6.45) is 0. The Hall–Kier alpha value is -1.82. The van der Waals surface area contributed by atoms with Crippen molar-refractivity contribution in [3.05, 3.63) is 16.9 Å². The molecule has 1 aromatic rings. The number of carbonyl (C=O) groups excluding carboxylic acids is 3. The topological polar surface area (TPSA) is 102 Å². The number of nitrogens with two attached hydrogens (primary N) is 1. The summed E-state index contributed by atoms with van der Waals surface area (Å²) in [4.78, 5) is 34.2. The molecule has 1 aromatic heterocycles. The van der Waals surface area contributed by atoms with Crippen molar-refractivity contribution in [3.8, 4) is 0 Å². The van der Waals surface area contributed by atoms with Gasteiger partial charge in [-0.3, -0.25) is 19.7 Å². The summed E-state index contributed by atoms with van der Waals surface area (Å²) in [5, 5.41) is 1.51. The molecule has 0 aliphatic rings. The molecule has 0 spiro atoms. The number of amides is 2. The fraction of sp³-hybridized carbons (Fsp3) is 0.364. The summed E-state index contributed by atoms with van der Waals surface area (Å²) in [6.45, 7) is 4.24. The molecule has 1 atom stereocenters. The highest BCUT2D eigenvalue weighted by molar-refractivity contribution is 6.32. The van der Waals surface area contributed by atoms with Gasteiger partial charge in [-0.1, -0.05) is 0 Å². The van der Waals surface area contributed by atoms with Crippen LogP contribution in [0.15, 0.2) is 4.42 Å². The second-order valence-corrected chi connectivity index (χ2v) is 4.42. The van der Waals surface area contributed by atoms with E-state index in [4.69, 9.17) is 21.8 Å². The molecule has 2 amide bonds. The highest BCUT2D eigenvalue weighted by Gasteiger charge is 2.26. The maximum Gasteiger partial charge on any atom is 0.255 e. The van der Waals surface area contributed by atoms with E-state index in [1.807, 2.05) is 0 Å². The molecule has 1 rings (SSSR count). The molecule has 0 radical (unpaired) electrons. The van der Waals surface area contributed by atoms with Crippen molar-refractivity contribution in [2.45, 2.75) is 26.1 Å². The van der Waals surface area contributed by atoms with Crippen LogP contribution in [-0.4, -0.2) is 23.0 Å². The van der Waals surface area contributed by atoms with Crippen LogP contribution in [0.4, 0.5) is 5.88 Å². The van der Waals surface area contributed by atoms with E-state index in [1.54, 1.807) is 0 Å². The van der Waals surface area contributed by atoms with Gasteiger partial charge in [-0.25, -0.2) is 0 Å². The number of ketones is 1. The van der Waals surface area contributed by atoms with E-state index in [-0.39, 0.29) is 28.6 Å². The van der Waals surface area contributed by atoms with Crippen LogP contribution in [0.5, 0.6) is 0 Å². The number of carbonyl (C=O) groups is 3. The third kappa shape index (κ3) is 2.70. The standard InChI is InChI=1S/C11H13ClN2O4/c1-4(12)10(17)14-11-8(9(13)16)7(5(2)15)6(3)18-11/h4H,1-3H3,(H2,13,16)(H,14,17). The molecule has 0 saturated heterocycles. The van der Waals surface area contributed by atoms with Gasteiger partial charge in [-0.15, -0.1) is 11.6 Å². The van der Waals surface area contributed by atoms with Crippen molar-refractivity contribution in [2.75, 3.05) is 5.32 Å². The minimum atomic E-state index is -0.852. The molecule has 0 aromatic carbocycles. The Morgan fingerprint density at radius 2 is 1.89 bits per heavy atom. The number of furan rings is 1. The van der Waals surface area contributed by atoms with Crippen LogP contribution < -0.4 is 11.1 Å². The van der Waals surface area contributed by atoms with Gasteiger partial charge in [0.15, 0.2) is 5.78 Å². The van der Waals surface area contributed by atoms with Gasteiger partial charge in [0.25, 0.3) is 5.91 Å². The van der Waals surface area contributed by atoms with Crippen LogP contribution in [0.25, 0.3) is 0 Å². The monoisotopic (exact) mass is 272 g/mol. The summed E-state index contributed by atoms with van der Waals surface area (Å²) < 4.78 is 5.18. The normalized spacial score (nSPS) is 12.0. The van der Waals surface area contributed by atoms with Crippen LogP contribution in [0, 0.1) is 6.92 Å². The van der Waals surface area contributed by atoms with Crippen molar-refractivity contribution < 1.29 is 18.8 Å². The van der Waals surface area contributed by atoms with Gasteiger partial charge in [-0.2, -0.15) is 0 Å². The Morgan fingerprint density at radius 3 is 2.28 bits per heavy atom. The van der Waals surface area contributed by atoms with E-state index in [2.05, 4.69) is 5.32 Å². The van der Waals surface area contributed by atoms with Crippen LogP contribution in [0.2, 0.25) is 0 Å². The van der Waals surface area contributed by atoms with Gasteiger partial charge in [-0.05, 0) is 20.8 Å². The average Bonchev–Trinajstić information content (AvgIpc) is 2.54. The van der Waals surface area contributed by atoms with Crippen molar-refractivity contribution in [3.63, 3.8) is 0 Å². The van der Waals surface area contributed by atoms with Crippen molar-refractivity contribution >= 4 is 35.1 Å². The lowest BCUT2D eigenvalue weighted by Gasteiger charge is -2.04. The summed E-state index contributed by atoms with van der Waals surface area (Å²) in [7, 11) is 0. The number of Topliss-reactive ketones (excluding diaryl/α,β-unsaturated/α-hetero) is 1. The maximum atomic E-state index is 11.4. The molecule has 98 valence electrons. The molecular formula is C11H13ClN2O4. The molecule has 1 heterocycles. The Morgan fingerprint density at radius 1 is 1.33 bits per heavy atom. The lowest BCUT2D eigenvalue weighted by Crippen LogP contribution is -2.23. The van der Waals surface area contributed by atoms with E-state index in [0.29, 0.717) is 0 Å². The zero-order valence-corrected chi connectivity index (χ0v) is 10.9. The summed E-state index contributed by atoms with van der Waals surface area (Å²) in [6, 6.07) is 0. The Labute approximate surface area is 108 Å². The van der Waals surface area contributed by atoms with Gasteiger partial charge in [0, 0.05) is 0 Å². The first-order valence-corrected chi connectivity index (χ1v) is 5.58. The van der Waals surface area contributed by atoms with Gasteiger partial charge in [0.1, 0.15) is 16.7 Å². The van der Waals surface area contributed by atoms with Crippen LogP contribution in [0.3, 0.4) is 0 Å². The maximum absolute atomic E-state index is 11.4. The van der Waals surface area contributed by atoms with Gasteiger partial charge < -0.3 is 10.2 Å². The zero-order valence-electron chi connectivity index (χ0n) is 10.2. The van der Waals surface area contributed by atoms with Crippen molar-refractivity contribution in [1.82, 2.24) is 0 Å². The van der Waals surface area contributed by atoms with Crippen LogP contribution in [0.1, 0.15) is 40.3 Å². The number of anilines is 1. The molecule has 0 saturated carbocycles. The second kappa shape index (κ2) is 5.22. The third-order valence-corrected chi connectivity index (χ3v) is 2.48. The average molecular weight is 273 g/mol. The lowest BCUT2D eigenvalue weighted by molar-refractivity contribution is -0.115. The predicted molar refractivity (Wildman–Crippen MR) is 65.9 cm³/mol. The van der Waals surface area contributed by atoms with E-state index < -0.39 is 17.2 Å². The SMILES string of the molecule is CC(=O)c1c(C)oc(NC(=O)C(C)Cl)c1C(N)=O. The predicted octanol–water partition coefficient (Wildman–Crippen LogP) is 1.46. The van der Waals surface area contributed by atoms with Gasteiger partial charge in [0.05, 0.1) is 5.56 Å². The minimum Gasteiger partial charge on any atom is -0.444 e. The fourth-order valence-electron chi connectivity index (χ4n) is 1.50. The molecule has 0 fully saturated rings. The molecule has 0 bridgehead atoms. The number of hydrogen-bond donors (Lipinski definition) is 2. The highest BCUT2D eigenvalue weighted by Crippen LogP contribution is 2.27. The van der Waals surface area contributed by atoms with E-state index in [0.717, 1.165) is 0 Å². The first-order chi connectivity index (χ1) is 8.25. The van der Waals surface area contributed by atoms with Gasteiger partial charge >= 0.3 is 0 Å². The molecule has 0 aliphatic carbocycles. The number of primary amides is 1. The van der Waals surface area contributed by atoms with E-state index >= 15 is 0 Å². The summed E-state index contributed by atoms with van der Waals surface area (Å²) in [5.41, 5.74) is 5.12. The Balaban J connectivity index is 3.29. The number of nitrogens with one attached hydrogen (secondary N) is 1. The van der Waals surface area contributed by atoms with Crippen molar-refractivity contribution in [2.24, 2.45) is 5.73 Å². The summed E-state index contributed by atoms with van der Waals surface area (Å²) >= 11 is 5.58. The largest absolute Gasteiger partial charge is 0.444 e. The molecule has 18 heavy (non-hydrogen) atoms. The van der Waals surface area contributed by atoms with Crippen LogP contribution >= 0.6 is 11.6 Å². The molecule has 6 nitrogen and oxygen atoms in total. The minimum absolute atomic E-state index is 0.0695. The lowest BCUT2D eigenvalue weighted by atomic mass is 10.1. The molecule has 7 heteroatoms. The quantitative estimate of drug-likeness (QED) is 0.640. The molecule has 1 unspecified atom stereocenters. The van der Waals surface area contributed by atoms with Crippen molar-refractivity contribution in [1.29, 1.82) is 0 Å². The third-order valence-electron chi connectivity index (χ3n) is 2.28. The fourth-order valence-corrected chi connectivity index (χ4v) is 1.56. The highest BCUT2D eigenvalue weighted by atomic mass is 35.5. The molecule has 3 N–H and O–H groups in total. The smallest absolute Gasteiger partial charge is 0.255 e. The Kier molecular flexibility index (Phi) is 4.13. The number of alkyl halides is 1. The van der Waals surface area contributed by atoms with Gasteiger partial charge in [0.2, 0.25) is 11.8 Å². The summed E-state index contributed by atoms with van der Waals surface area (Å²) in [5.74, 6) is -1.71. The molecule has 0 aliphatic heterocycles. The second-order valence-electron chi connectivity index (χ2n) is 3.76. The zero-order chi connectivity index (χ0) is 14.0. The van der Waals surface area contributed by atoms with E-state index in [9.17, 15) is 14.4 Å². The van der Waals surface area contributed by atoms with E-state index in [1.165, 1.54) is 20.8 Å². The number of halogens is 1. The first kappa shape index (κ1) is 14.2.